The van der Waals surface area contributed by atoms with Crippen LogP contribution in [0.2, 0.25) is 0 Å². The van der Waals surface area contributed by atoms with Gasteiger partial charge in [-0.3, -0.25) is 0 Å². The number of allylic oxidation sites excluding steroid dienone is 8. The van der Waals surface area contributed by atoms with Crippen molar-refractivity contribution in [2.24, 2.45) is 0 Å². The Bertz CT molecular complexity index is 1640. The Kier molecular flexibility index (Phi) is 7.62. The molecule has 38 heavy (non-hydrogen) atoms. The van der Waals surface area contributed by atoms with Gasteiger partial charge in [-0.2, -0.15) is 0 Å². The molecule has 0 spiro atoms. The first-order valence-corrected chi connectivity index (χ1v) is 14.0. The van der Waals surface area contributed by atoms with Gasteiger partial charge in [-0.05, 0) is 74.1 Å². The Labute approximate surface area is 229 Å². The van der Waals surface area contributed by atoms with Crippen LogP contribution in [0.4, 0.5) is 0 Å². The maximum Gasteiger partial charge on any atom is 0.123 e. The summed E-state index contributed by atoms with van der Waals surface area (Å²) in [4.78, 5) is 5.04. The van der Waals surface area contributed by atoms with Gasteiger partial charge in [0.1, 0.15) is 11.5 Å². The summed E-state index contributed by atoms with van der Waals surface area (Å²) < 4.78 is 9.58. The topological polar surface area (TPSA) is 27.1 Å². The number of benzene rings is 2. The minimum absolute atomic E-state index is 0.604. The second-order valence-electron chi connectivity index (χ2n) is 9.56. The molecule has 4 heteroatoms. The van der Waals surface area contributed by atoms with E-state index in [0.29, 0.717) is 11.5 Å². The number of aryl methyl sites for hydroxylation is 1. The molecule has 0 radical (unpaired) electrons. The van der Waals surface area contributed by atoms with E-state index in [1.807, 2.05) is 12.2 Å². The van der Waals surface area contributed by atoms with Crippen molar-refractivity contribution in [3.8, 4) is 0 Å². The average molecular weight is 519 g/mol. The highest BCUT2D eigenvalue weighted by Gasteiger charge is 2.18. The van der Waals surface area contributed by atoms with Crippen LogP contribution in [0, 0.1) is 6.92 Å². The molecule has 5 rings (SSSR count). The van der Waals surface area contributed by atoms with Gasteiger partial charge in [0.15, 0.2) is 0 Å². The molecule has 2 aromatic carbocycles. The molecule has 0 saturated heterocycles. The van der Waals surface area contributed by atoms with Crippen molar-refractivity contribution in [3.63, 3.8) is 0 Å². The Morgan fingerprint density at radius 2 is 1.95 bits per heavy atom. The number of rotatable bonds is 5. The van der Waals surface area contributed by atoms with Crippen LogP contribution in [-0.2, 0) is 17.6 Å². The number of aromatic nitrogens is 2. The standard InChI is InChI=1S/C34H34N2OS/c1-6-28(20-27-18-14-9-8-11-15-23(3)37-25(27)5)36-31(7-2)24(4)29-21-33-30(22-32(29)36)35-34(38-33)19-26-16-12-10-13-17-26/h6,9-17,20-22H,3,5,7-8,18-19H2,1-2,4H3/b14-9-,15-11-,27-20-,28-6+. The van der Waals surface area contributed by atoms with Crippen LogP contribution < -0.4 is 0 Å². The fourth-order valence-corrected chi connectivity index (χ4v) is 6.10. The maximum atomic E-state index is 5.96. The maximum absolute atomic E-state index is 5.96. The van der Waals surface area contributed by atoms with Crippen LogP contribution in [0.25, 0.3) is 26.8 Å². The third-order valence-corrected chi connectivity index (χ3v) is 8.02. The van der Waals surface area contributed by atoms with Gasteiger partial charge in [0.2, 0.25) is 0 Å². The predicted octanol–water partition coefficient (Wildman–Crippen LogP) is 9.45. The quantitative estimate of drug-likeness (QED) is 0.246. The van der Waals surface area contributed by atoms with Crippen molar-refractivity contribution in [1.29, 1.82) is 0 Å². The van der Waals surface area contributed by atoms with Crippen LogP contribution in [0.15, 0.2) is 109 Å². The molecule has 0 aliphatic carbocycles. The van der Waals surface area contributed by atoms with Gasteiger partial charge in [-0.1, -0.05) is 74.7 Å². The summed E-state index contributed by atoms with van der Waals surface area (Å²) >= 11 is 1.79. The summed E-state index contributed by atoms with van der Waals surface area (Å²) in [6.07, 6.45) is 16.1. The van der Waals surface area contributed by atoms with Crippen molar-refractivity contribution in [2.75, 3.05) is 0 Å². The molecule has 0 N–H and O–H groups in total. The first-order valence-electron chi connectivity index (χ1n) is 13.2. The Hall–Kier alpha value is -3.89. The number of hydrogen-bond acceptors (Lipinski definition) is 3. The molecule has 0 atom stereocenters. The zero-order chi connectivity index (χ0) is 26.6. The first-order chi connectivity index (χ1) is 18.5. The highest BCUT2D eigenvalue weighted by molar-refractivity contribution is 7.18. The zero-order valence-corrected chi connectivity index (χ0v) is 23.3. The van der Waals surface area contributed by atoms with Crippen LogP contribution in [0.3, 0.4) is 0 Å². The van der Waals surface area contributed by atoms with Gasteiger partial charge < -0.3 is 9.30 Å². The van der Waals surface area contributed by atoms with E-state index < -0.39 is 0 Å². The van der Waals surface area contributed by atoms with Crippen LogP contribution in [-0.4, -0.2) is 9.55 Å². The monoisotopic (exact) mass is 518 g/mol. The van der Waals surface area contributed by atoms with E-state index in [9.17, 15) is 0 Å². The zero-order valence-electron chi connectivity index (χ0n) is 22.5. The van der Waals surface area contributed by atoms with Crippen molar-refractivity contribution in [1.82, 2.24) is 9.55 Å². The van der Waals surface area contributed by atoms with Crippen molar-refractivity contribution >= 4 is 38.2 Å². The normalized spacial score (nSPS) is 17.8. The van der Waals surface area contributed by atoms with E-state index in [4.69, 9.17) is 9.72 Å². The summed E-state index contributed by atoms with van der Waals surface area (Å²) in [5, 5.41) is 2.42. The predicted molar refractivity (Wildman–Crippen MR) is 163 cm³/mol. The second kappa shape index (κ2) is 11.2. The van der Waals surface area contributed by atoms with Gasteiger partial charge in [0.05, 0.1) is 20.7 Å². The van der Waals surface area contributed by atoms with Crippen LogP contribution in [0.5, 0.6) is 0 Å². The van der Waals surface area contributed by atoms with Gasteiger partial charge in [0, 0.05) is 23.2 Å². The molecule has 192 valence electrons. The van der Waals surface area contributed by atoms with E-state index >= 15 is 0 Å². The number of thiazole rings is 1. The molecule has 2 aromatic heterocycles. The van der Waals surface area contributed by atoms with Crippen molar-refractivity contribution < 1.29 is 4.74 Å². The van der Waals surface area contributed by atoms with Crippen LogP contribution >= 0.6 is 11.3 Å². The Morgan fingerprint density at radius 3 is 2.71 bits per heavy atom. The van der Waals surface area contributed by atoms with Gasteiger partial charge in [-0.15, -0.1) is 11.3 Å². The molecule has 0 bridgehead atoms. The highest BCUT2D eigenvalue weighted by Crippen LogP contribution is 2.36. The van der Waals surface area contributed by atoms with Gasteiger partial charge >= 0.3 is 0 Å². The third-order valence-electron chi connectivity index (χ3n) is 7.00. The summed E-state index contributed by atoms with van der Waals surface area (Å²) in [5.74, 6) is 1.23. The van der Waals surface area contributed by atoms with Gasteiger partial charge in [0.25, 0.3) is 0 Å². The minimum atomic E-state index is 0.604. The minimum Gasteiger partial charge on any atom is -0.458 e. The lowest BCUT2D eigenvalue weighted by Crippen LogP contribution is -2.03. The van der Waals surface area contributed by atoms with Gasteiger partial charge in [-0.25, -0.2) is 4.98 Å². The smallest absolute Gasteiger partial charge is 0.123 e. The summed E-state index contributed by atoms with van der Waals surface area (Å²) in [7, 11) is 0. The molecule has 0 unspecified atom stereocenters. The fourth-order valence-electron chi connectivity index (χ4n) is 5.08. The van der Waals surface area contributed by atoms with Crippen molar-refractivity contribution in [3.05, 3.63) is 131 Å². The number of fused-ring (bicyclic) bond motifs is 2. The summed E-state index contributed by atoms with van der Waals surface area (Å²) in [5.41, 5.74) is 8.28. The summed E-state index contributed by atoms with van der Waals surface area (Å²) in [6, 6.07) is 15.1. The molecule has 1 aliphatic heterocycles. The molecule has 3 nitrogen and oxygen atoms in total. The molecule has 1 aliphatic rings. The number of ether oxygens (including phenoxy) is 1. The summed E-state index contributed by atoms with van der Waals surface area (Å²) in [6.45, 7) is 14.8. The van der Waals surface area contributed by atoms with Crippen molar-refractivity contribution in [2.45, 2.75) is 46.5 Å². The molecular weight excluding hydrogens is 484 g/mol. The fraction of sp³-hybridized carbons (Fsp3) is 0.206. The molecule has 0 saturated carbocycles. The van der Waals surface area contributed by atoms with E-state index in [-0.39, 0.29) is 0 Å². The average Bonchev–Trinajstić information content (AvgIpc) is 3.43. The number of nitrogens with zero attached hydrogens (tertiary/aromatic N) is 2. The number of hydrogen-bond donors (Lipinski definition) is 0. The SMILES string of the molecule is C=C1/C=C\C/C=C\C/C(=C/C(=C\C)n2c(CC)c(C)c3cc4sc(Cc5ccccc5)nc4cc32)C(=C)O1. The van der Waals surface area contributed by atoms with E-state index in [0.717, 1.165) is 47.5 Å². The third kappa shape index (κ3) is 5.23. The molecule has 3 heterocycles. The lowest BCUT2D eigenvalue weighted by Gasteiger charge is -2.16. The van der Waals surface area contributed by atoms with E-state index in [1.165, 1.54) is 32.4 Å². The molecular formula is C34H34N2OS. The molecule has 0 fully saturated rings. The first kappa shape index (κ1) is 25.7. The molecule has 4 aromatic rings. The lowest BCUT2D eigenvalue weighted by molar-refractivity contribution is 0.332. The highest BCUT2D eigenvalue weighted by atomic mass is 32.1. The van der Waals surface area contributed by atoms with Crippen LogP contribution in [0.1, 0.15) is 48.5 Å². The molecule has 0 amide bonds. The van der Waals surface area contributed by atoms with E-state index in [2.05, 4.69) is 105 Å². The Balaban J connectivity index is 1.60. The van der Waals surface area contributed by atoms with E-state index in [1.54, 1.807) is 11.3 Å². The Morgan fingerprint density at radius 1 is 1.13 bits per heavy atom. The second-order valence-corrected chi connectivity index (χ2v) is 10.7. The largest absolute Gasteiger partial charge is 0.458 e. The lowest BCUT2D eigenvalue weighted by atomic mass is 10.1.